The largest absolute Gasteiger partial charge is 0.478 e. The van der Waals surface area contributed by atoms with E-state index in [1.807, 2.05) is 0 Å². The Morgan fingerprint density at radius 3 is 2.93 bits per heavy atom. The van der Waals surface area contributed by atoms with Gasteiger partial charge in [0.1, 0.15) is 0 Å². The topological polar surface area (TPSA) is 63.3 Å². The number of benzene rings is 1. The van der Waals surface area contributed by atoms with Crippen molar-refractivity contribution in [2.45, 2.75) is 6.42 Å². The fourth-order valence-corrected chi connectivity index (χ4v) is 1.23. The molecule has 0 saturated carbocycles. The molecule has 0 aliphatic carbocycles. The van der Waals surface area contributed by atoms with Gasteiger partial charge in [0.25, 0.3) is 0 Å². The summed E-state index contributed by atoms with van der Waals surface area (Å²) in [5.74, 6) is -0.968. The van der Waals surface area contributed by atoms with Gasteiger partial charge in [0.2, 0.25) is 0 Å². The highest BCUT2D eigenvalue weighted by Crippen LogP contribution is 2.19. The van der Waals surface area contributed by atoms with Crippen molar-refractivity contribution in [2.24, 2.45) is 0 Å². The van der Waals surface area contributed by atoms with Crippen LogP contribution in [0.1, 0.15) is 5.56 Å². The van der Waals surface area contributed by atoms with Crippen LogP contribution in [0.5, 0.6) is 0 Å². The molecule has 0 fully saturated rings. The van der Waals surface area contributed by atoms with E-state index in [4.69, 9.17) is 22.4 Å². The molecule has 4 heteroatoms. The smallest absolute Gasteiger partial charge is 0.327 e. The number of halogens is 1. The lowest BCUT2D eigenvalue weighted by Gasteiger charge is -2.01. The third-order valence-corrected chi connectivity index (χ3v) is 2.04. The quantitative estimate of drug-likeness (QED) is 0.595. The van der Waals surface area contributed by atoms with E-state index in [2.05, 4.69) is 0 Å². The minimum atomic E-state index is -0.968. The standard InChI is InChI=1S/C10H10ClNO2/c11-9-5-4-8(12)6-7(9)2-1-3-10(13)14/h1,3-6H,2,12H2,(H,13,14). The lowest BCUT2D eigenvalue weighted by molar-refractivity contribution is -0.131. The first kappa shape index (κ1) is 10.6. The SMILES string of the molecule is Nc1ccc(Cl)c(CC=CC(=O)O)c1. The second kappa shape index (κ2) is 4.67. The van der Waals surface area contributed by atoms with Crippen LogP contribution in [-0.2, 0) is 11.2 Å². The number of hydrogen-bond donors (Lipinski definition) is 2. The van der Waals surface area contributed by atoms with Crippen molar-refractivity contribution in [3.8, 4) is 0 Å². The first-order chi connectivity index (χ1) is 6.59. The van der Waals surface area contributed by atoms with Crippen molar-refractivity contribution in [1.29, 1.82) is 0 Å². The number of allylic oxidation sites excluding steroid dienone is 1. The van der Waals surface area contributed by atoms with E-state index in [-0.39, 0.29) is 0 Å². The Labute approximate surface area is 86.8 Å². The Hall–Kier alpha value is -1.48. The van der Waals surface area contributed by atoms with E-state index in [1.54, 1.807) is 18.2 Å². The number of aliphatic carboxylic acids is 1. The summed E-state index contributed by atoms with van der Waals surface area (Å²) in [4.78, 5) is 10.2. The Kier molecular flexibility index (Phi) is 3.54. The van der Waals surface area contributed by atoms with E-state index >= 15 is 0 Å². The lowest BCUT2D eigenvalue weighted by atomic mass is 10.1. The molecule has 0 bridgehead atoms. The van der Waals surface area contributed by atoms with Crippen LogP contribution in [0, 0.1) is 0 Å². The van der Waals surface area contributed by atoms with Gasteiger partial charge in [-0.15, -0.1) is 0 Å². The molecule has 0 radical (unpaired) electrons. The summed E-state index contributed by atoms with van der Waals surface area (Å²) in [5.41, 5.74) is 7.00. The molecule has 1 aromatic carbocycles. The predicted molar refractivity (Wildman–Crippen MR) is 56.3 cm³/mol. The molecule has 0 amide bonds. The van der Waals surface area contributed by atoms with E-state index < -0.39 is 5.97 Å². The maximum absolute atomic E-state index is 10.2. The van der Waals surface area contributed by atoms with Crippen LogP contribution in [0.2, 0.25) is 5.02 Å². The van der Waals surface area contributed by atoms with Crippen LogP contribution in [0.4, 0.5) is 5.69 Å². The number of nitrogens with two attached hydrogens (primary N) is 1. The highest BCUT2D eigenvalue weighted by atomic mass is 35.5. The van der Waals surface area contributed by atoms with Crippen LogP contribution in [0.25, 0.3) is 0 Å². The number of rotatable bonds is 3. The van der Waals surface area contributed by atoms with Crippen molar-refractivity contribution in [3.63, 3.8) is 0 Å². The van der Waals surface area contributed by atoms with E-state index in [1.165, 1.54) is 6.08 Å². The molecule has 3 N–H and O–H groups in total. The highest BCUT2D eigenvalue weighted by molar-refractivity contribution is 6.31. The Morgan fingerprint density at radius 2 is 2.29 bits per heavy atom. The molecule has 0 spiro atoms. The Morgan fingerprint density at radius 1 is 1.57 bits per heavy atom. The van der Waals surface area contributed by atoms with Crippen molar-refractivity contribution < 1.29 is 9.90 Å². The Bertz CT molecular complexity index is 374. The zero-order chi connectivity index (χ0) is 10.6. The number of anilines is 1. The molecule has 1 rings (SSSR count). The van der Waals surface area contributed by atoms with Gasteiger partial charge >= 0.3 is 5.97 Å². The van der Waals surface area contributed by atoms with Gasteiger partial charge in [-0.3, -0.25) is 0 Å². The number of nitrogen functional groups attached to an aromatic ring is 1. The summed E-state index contributed by atoms with van der Waals surface area (Å²) in [6, 6.07) is 5.13. The van der Waals surface area contributed by atoms with Crippen molar-refractivity contribution in [2.75, 3.05) is 5.73 Å². The van der Waals surface area contributed by atoms with Gasteiger partial charge in [-0.1, -0.05) is 17.7 Å². The highest BCUT2D eigenvalue weighted by Gasteiger charge is 1.98. The maximum Gasteiger partial charge on any atom is 0.327 e. The second-order valence-electron chi connectivity index (χ2n) is 2.80. The molecular weight excluding hydrogens is 202 g/mol. The molecule has 0 saturated heterocycles. The summed E-state index contributed by atoms with van der Waals surface area (Å²) < 4.78 is 0. The van der Waals surface area contributed by atoms with Gasteiger partial charge in [0.15, 0.2) is 0 Å². The molecule has 1 aromatic rings. The van der Waals surface area contributed by atoms with Crippen LogP contribution in [-0.4, -0.2) is 11.1 Å². The summed E-state index contributed by atoms with van der Waals surface area (Å²) in [7, 11) is 0. The molecule has 0 atom stereocenters. The van der Waals surface area contributed by atoms with Crippen molar-refractivity contribution in [1.82, 2.24) is 0 Å². The molecular formula is C10H10ClNO2. The fraction of sp³-hybridized carbons (Fsp3) is 0.100. The minimum Gasteiger partial charge on any atom is -0.478 e. The number of carboxylic acids is 1. The van der Waals surface area contributed by atoms with Gasteiger partial charge in [-0.2, -0.15) is 0 Å². The van der Waals surface area contributed by atoms with E-state index in [0.29, 0.717) is 17.1 Å². The molecule has 0 unspecified atom stereocenters. The van der Waals surface area contributed by atoms with Crippen LogP contribution in [0.3, 0.4) is 0 Å². The molecule has 0 heterocycles. The third kappa shape index (κ3) is 3.11. The molecule has 0 aromatic heterocycles. The fourth-order valence-electron chi connectivity index (χ4n) is 1.04. The molecule has 0 aliphatic rings. The predicted octanol–water partition coefficient (Wildman–Crippen LogP) is 2.11. The van der Waals surface area contributed by atoms with E-state index in [0.717, 1.165) is 11.6 Å². The molecule has 14 heavy (non-hydrogen) atoms. The van der Waals surface area contributed by atoms with Gasteiger partial charge < -0.3 is 10.8 Å². The lowest BCUT2D eigenvalue weighted by Crippen LogP contribution is -1.91. The van der Waals surface area contributed by atoms with Crippen LogP contribution in [0.15, 0.2) is 30.4 Å². The molecule has 3 nitrogen and oxygen atoms in total. The average Bonchev–Trinajstić information content (AvgIpc) is 2.10. The second-order valence-corrected chi connectivity index (χ2v) is 3.20. The first-order valence-corrected chi connectivity index (χ1v) is 4.41. The van der Waals surface area contributed by atoms with Gasteiger partial charge in [0, 0.05) is 16.8 Å². The zero-order valence-electron chi connectivity index (χ0n) is 7.40. The summed E-state index contributed by atoms with van der Waals surface area (Å²) >= 11 is 5.87. The number of carbonyl (C=O) groups is 1. The van der Waals surface area contributed by atoms with Crippen LogP contribution >= 0.6 is 11.6 Å². The number of carboxylic acid groups (broad SMARTS) is 1. The Balaban J connectivity index is 2.76. The monoisotopic (exact) mass is 211 g/mol. The summed E-state index contributed by atoms with van der Waals surface area (Å²) in [6.07, 6.45) is 3.08. The van der Waals surface area contributed by atoms with Crippen molar-refractivity contribution >= 4 is 23.3 Å². The zero-order valence-corrected chi connectivity index (χ0v) is 8.16. The maximum atomic E-state index is 10.2. The van der Waals surface area contributed by atoms with E-state index in [9.17, 15) is 4.79 Å². The van der Waals surface area contributed by atoms with Gasteiger partial charge in [0.05, 0.1) is 0 Å². The average molecular weight is 212 g/mol. The molecule has 0 aliphatic heterocycles. The van der Waals surface area contributed by atoms with Crippen molar-refractivity contribution in [3.05, 3.63) is 40.9 Å². The summed E-state index contributed by atoms with van der Waals surface area (Å²) in [6.45, 7) is 0. The first-order valence-electron chi connectivity index (χ1n) is 4.03. The van der Waals surface area contributed by atoms with Gasteiger partial charge in [-0.05, 0) is 30.2 Å². The normalized spacial score (nSPS) is 10.6. The third-order valence-electron chi connectivity index (χ3n) is 1.67. The summed E-state index contributed by atoms with van der Waals surface area (Å²) in [5, 5.41) is 8.96. The molecule has 74 valence electrons. The van der Waals surface area contributed by atoms with Gasteiger partial charge in [-0.25, -0.2) is 4.79 Å². The van der Waals surface area contributed by atoms with Crippen LogP contribution < -0.4 is 5.73 Å². The minimum absolute atomic E-state index is 0.468. The number of hydrogen-bond acceptors (Lipinski definition) is 2.